The van der Waals surface area contributed by atoms with Crippen molar-refractivity contribution < 1.29 is 0 Å². The summed E-state index contributed by atoms with van der Waals surface area (Å²) < 4.78 is 0. The Labute approximate surface area is 161 Å². The van der Waals surface area contributed by atoms with Gasteiger partial charge in [-0.15, -0.1) is 8.58 Å². The van der Waals surface area contributed by atoms with Crippen LogP contribution < -0.4 is 11.5 Å². The standard InChI is InChI=1S/C22H49N2P/c1-4-7-10-13-18-25-19-14-11-12-15-20(21(23)16-8-5-2)22(24)17-9-6-3/h20-22,25H,4-19,23-24H2,1-3H3. The van der Waals surface area contributed by atoms with Crippen molar-refractivity contribution in [2.45, 2.75) is 123 Å². The summed E-state index contributed by atoms with van der Waals surface area (Å²) in [6, 6.07) is 0.625. The summed E-state index contributed by atoms with van der Waals surface area (Å²) in [6.07, 6.45) is 21.2. The van der Waals surface area contributed by atoms with Crippen molar-refractivity contribution >= 4 is 8.58 Å². The fraction of sp³-hybridized carbons (Fsp3) is 1.00. The molecule has 2 nitrogen and oxygen atoms in total. The predicted octanol–water partition coefficient (Wildman–Crippen LogP) is 6.46. The molecule has 0 aliphatic rings. The van der Waals surface area contributed by atoms with E-state index in [4.69, 9.17) is 11.5 Å². The average Bonchev–Trinajstić information content (AvgIpc) is 2.62. The predicted molar refractivity (Wildman–Crippen MR) is 119 cm³/mol. The van der Waals surface area contributed by atoms with Gasteiger partial charge in [-0.25, -0.2) is 0 Å². The zero-order valence-corrected chi connectivity index (χ0v) is 18.7. The number of nitrogens with two attached hydrogens (primary N) is 2. The van der Waals surface area contributed by atoms with Crippen LogP contribution in [-0.2, 0) is 0 Å². The highest BCUT2D eigenvalue weighted by Crippen LogP contribution is 2.23. The molecule has 3 atom stereocenters. The fourth-order valence-electron chi connectivity index (χ4n) is 3.66. The molecule has 0 aromatic carbocycles. The lowest BCUT2D eigenvalue weighted by atomic mass is 9.83. The van der Waals surface area contributed by atoms with Crippen molar-refractivity contribution in [3.63, 3.8) is 0 Å². The molecular weight excluding hydrogens is 323 g/mol. The van der Waals surface area contributed by atoms with Crippen LogP contribution in [0.2, 0.25) is 0 Å². The molecule has 0 rings (SSSR count). The van der Waals surface area contributed by atoms with Crippen LogP contribution in [0.25, 0.3) is 0 Å². The summed E-state index contributed by atoms with van der Waals surface area (Å²) in [4.78, 5) is 0. The SMILES string of the molecule is CCCCCCPCCCCCC(C(N)CCCC)C(N)CCCC. The van der Waals surface area contributed by atoms with E-state index in [0.29, 0.717) is 18.0 Å². The Kier molecular flexibility index (Phi) is 19.4. The van der Waals surface area contributed by atoms with Crippen LogP contribution in [0.4, 0.5) is 0 Å². The number of hydrogen-bond acceptors (Lipinski definition) is 2. The first kappa shape index (κ1) is 25.4. The molecule has 3 unspecified atom stereocenters. The van der Waals surface area contributed by atoms with E-state index in [2.05, 4.69) is 20.8 Å². The second kappa shape index (κ2) is 19.1. The van der Waals surface area contributed by atoms with Crippen molar-refractivity contribution in [2.24, 2.45) is 17.4 Å². The smallest absolute Gasteiger partial charge is 0.00819 e. The summed E-state index contributed by atoms with van der Waals surface area (Å²) in [5, 5.41) is 0. The largest absolute Gasteiger partial charge is 0.327 e. The quantitative estimate of drug-likeness (QED) is 0.202. The van der Waals surface area contributed by atoms with Crippen LogP contribution in [0.3, 0.4) is 0 Å². The Morgan fingerprint density at radius 1 is 0.560 bits per heavy atom. The van der Waals surface area contributed by atoms with Crippen LogP contribution >= 0.6 is 8.58 Å². The van der Waals surface area contributed by atoms with E-state index in [1.807, 2.05) is 0 Å². The minimum Gasteiger partial charge on any atom is -0.327 e. The maximum absolute atomic E-state index is 6.52. The van der Waals surface area contributed by atoms with Gasteiger partial charge in [-0.2, -0.15) is 0 Å². The maximum Gasteiger partial charge on any atom is 0.00819 e. The van der Waals surface area contributed by atoms with Gasteiger partial charge in [-0.1, -0.05) is 78.6 Å². The number of rotatable bonds is 19. The lowest BCUT2D eigenvalue weighted by Crippen LogP contribution is -2.42. The van der Waals surface area contributed by atoms with E-state index >= 15 is 0 Å². The van der Waals surface area contributed by atoms with Crippen LogP contribution in [0.15, 0.2) is 0 Å². The molecule has 152 valence electrons. The summed E-state index contributed by atoms with van der Waals surface area (Å²) in [7, 11) is 1.19. The Balaban J connectivity index is 3.89. The van der Waals surface area contributed by atoms with Crippen molar-refractivity contribution in [1.82, 2.24) is 0 Å². The molecule has 0 radical (unpaired) electrons. The maximum atomic E-state index is 6.52. The lowest BCUT2D eigenvalue weighted by molar-refractivity contribution is 0.288. The van der Waals surface area contributed by atoms with Gasteiger partial charge < -0.3 is 11.5 Å². The minimum absolute atomic E-state index is 0.312. The molecule has 3 heteroatoms. The van der Waals surface area contributed by atoms with Crippen molar-refractivity contribution in [3.05, 3.63) is 0 Å². The third kappa shape index (κ3) is 15.1. The lowest BCUT2D eigenvalue weighted by Gasteiger charge is -2.29. The van der Waals surface area contributed by atoms with Gasteiger partial charge >= 0.3 is 0 Å². The molecule has 0 heterocycles. The van der Waals surface area contributed by atoms with Gasteiger partial charge in [0, 0.05) is 12.1 Å². The van der Waals surface area contributed by atoms with E-state index < -0.39 is 0 Å². The van der Waals surface area contributed by atoms with Gasteiger partial charge in [0.25, 0.3) is 0 Å². The monoisotopic (exact) mass is 372 g/mol. The molecule has 0 spiro atoms. The van der Waals surface area contributed by atoms with Gasteiger partial charge in [0.15, 0.2) is 0 Å². The molecule has 0 amide bonds. The minimum atomic E-state index is 0.312. The van der Waals surface area contributed by atoms with Gasteiger partial charge in [0.05, 0.1) is 0 Å². The van der Waals surface area contributed by atoms with Crippen LogP contribution in [0, 0.1) is 5.92 Å². The first-order valence-electron chi connectivity index (χ1n) is 11.4. The molecule has 0 aromatic rings. The molecule has 0 bridgehead atoms. The Morgan fingerprint density at radius 3 is 1.52 bits per heavy atom. The van der Waals surface area contributed by atoms with Crippen molar-refractivity contribution in [1.29, 1.82) is 0 Å². The normalized spacial score (nSPS) is 15.7. The second-order valence-corrected chi connectivity index (χ2v) is 9.44. The molecule has 0 aliphatic heterocycles. The first-order valence-corrected chi connectivity index (χ1v) is 12.8. The summed E-state index contributed by atoms with van der Waals surface area (Å²) in [6.45, 7) is 6.79. The van der Waals surface area contributed by atoms with Gasteiger partial charge in [-0.3, -0.25) is 0 Å². The zero-order chi connectivity index (χ0) is 18.8. The first-order chi connectivity index (χ1) is 12.2. The van der Waals surface area contributed by atoms with Crippen molar-refractivity contribution in [3.8, 4) is 0 Å². The van der Waals surface area contributed by atoms with Crippen molar-refractivity contribution in [2.75, 3.05) is 12.3 Å². The molecular formula is C22H49N2P. The number of unbranched alkanes of at least 4 members (excludes halogenated alkanes) is 7. The van der Waals surface area contributed by atoms with E-state index in [1.165, 1.54) is 98.0 Å². The second-order valence-electron chi connectivity index (χ2n) is 7.94. The molecule has 4 N–H and O–H groups in total. The molecule has 0 fully saturated rings. The van der Waals surface area contributed by atoms with E-state index in [9.17, 15) is 0 Å². The molecule has 0 saturated heterocycles. The summed E-state index contributed by atoms with van der Waals surface area (Å²) >= 11 is 0. The third-order valence-corrected chi connectivity index (χ3v) is 6.89. The summed E-state index contributed by atoms with van der Waals surface area (Å²) in [5.41, 5.74) is 13.0. The highest BCUT2D eigenvalue weighted by molar-refractivity contribution is 7.37. The molecule has 0 aliphatic carbocycles. The summed E-state index contributed by atoms with van der Waals surface area (Å²) in [5.74, 6) is 0.537. The fourth-order valence-corrected chi connectivity index (χ4v) is 4.91. The highest BCUT2D eigenvalue weighted by atomic mass is 31.1. The Morgan fingerprint density at radius 2 is 1.04 bits per heavy atom. The zero-order valence-electron chi connectivity index (χ0n) is 17.7. The van der Waals surface area contributed by atoms with E-state index in [1.54, 1.807) is 0 Å². The van der Waals surface area contributed by atoms with E-state index in [0.717, 1.165) is 12.8 Å². The van der Waals surface area contributed by atoms with E-state index in [-0.39, 0.29) is 0 Å². The van der Waals surface area contributed by atoms with Gasteiger partial charge in [0.1, 0.15) is 0 Å². The van der Waals surface area contributed by atoms with Gasteiger partial charge in [-0.05, 0) is 50.3 Å². The van der Waals surface area contributed by atoms with Gasteiger partial charge in [0.2, 0.25) is 0 Å². The van der Waals surface area contributed by atoms with Crippen LogP contribution in [-0.4, -0.2) is 24.4 Å². The molecule has 0 saturated carbocycles. The molecule has 0 aromatic heterocycles. The average molecular weight is 373 g/mol. The van der Waals surface area contributed by atoms with Crippen LogP contribution in [0.1, 0.15) is 111 Å². The van der Waals surface area contributed by atoms with Crippen LogP contribution in [0.5, 0.6) is 0 Å². The highest BCUT2D eigenvalue weighted by Gasteiger charge is 2.23. The Hall–Kier alpha value is 0.350. The topological polar surface area (TPSA) is 52.0 Å². The third-order valence-electron chi connectivity index (χ3n) is 5.48. The number of hydrogen-bond donors (Lipinski definition) is 2. The molecule has 25 heavy (non-hydrogen) atoms. The Bertz CT molecular complexity index is 246.